The number of Topliss-reactive ketones (excluding diaryl/α,β-unsaturated/α-hetero) is 1. The van der Waals surface area contributed by atoms with Gasteiger partial charge in [0.15, 0.2) is 5.78 Å². The maximum atomic E-state index is 13.3. The summed E-state index contributed by atoms with van der Waals surface area (Å²) in [5, 5.41) is 0. The van der Waals surface area contributed by atoms with Crippen LogP contribution in [0.25, 0.3) is 0 Å². The maximum Gasteiger partial charge on any atom is 0.194 e. The number of aryl methyl sites for hydroxylation is 1. The summed E-state index contributed by atoms with van der Waals surface area (Å²) in [7, 11) is 0. The van der Waals surface area contributed by atoms with E-state index in [1.165, 1.54) is 6.07 Å². The van der Waals surface area contributed by atoms with E-state index in [4.69, 9.17) is 9.47 Å². The van der Waals surface area contributed by atoms with Crippen LogP contribution in [0.1, 0.15) is 15.9 Å². The minimum Gasteiger partial charge on any atom is -0.376 e. The SMILES string of the molecule is Cc1ccc(C(=O)C2COCCO2)cc1F. The van der Waals surface area contributed by atoms with Crippen LogP contribution >= 0.6 is 0 Å². The Labute approximate surface area is 93.2 Å². The van der Waals surface area contributed by atoms with Gasteiger partial charge in [-0.25, -0.2) is 4.39 Å². The molecule has 2 rings (SSSR count). The molecule has 16 heavy (non-hydrogen) atoms. The van der Waals surface area contributed by atoms with Crippen LogP contribution in [0.2, 0.25) is 0 Å². The van der Waals surface area contributed by atoms with Gasteiger partial charge >= 0.3 is 0 Å². The second kappa shape index (κ2) is 4.72. The number of rotatable bonds is 2. The zero-order valence-electron chi connectivity index (χ0n) is 9.03. The third-order valence-corrected chi connectivity index (χ3v) is 2.56. The summed E-state index contributed by atoms with van der Waals surface area (Å²) in [4.78, 5) is 11.9. The molecule has 1 aliphatic heterocycles. The van der Waals surface area contributed by atoms with Gasteiger partial charge in [-0.15, -0.1) is 0 Å². The molecule has 0 N–H and O–H groups in total. The van der Waals surface area contributed by atoms with E-state index in [2.05, 4.69) is 0 Å². The molecule has 1 aromatic carbocycles. The van der Waals surface area contributed by atoms with Crippen LogP contribution in [-0.4, -0.2) is 31.7 Å². The van der Waals surface area contributed by atoms with Crippen molar-refractivity contribution in [1.29, 1.82) is 0 Å². The van der Waals surface area contributed by atoms with Gasteiger partial charge in [0.1, 0.15) is 11.9 Å². The number of halogens is 1. The van der Waals surface area contributed by atoms with Crippen molar-refractivity contribution >= 4 is 5.78 Å². The van der Waals surface area contributed by atoms with E-state index < -0.39 is 6.10 Å². The topological polar surface area (TPSA) is 35.5 Å². The predicted molar refractivity (Wildman–Crippen MR) is 56.0 cm³/mol. The van der Waals surface area contributed by atoms with Gasteiger partial charge in [0.25, 0.3) is 0 Å². The van der Waals surface area contributed by atoms with Gasteiger partial charge in [-0.1, -0.05) is 12.1 Å². The summed E-state index contributed by atoms with van der Waals surface area (Å²) in [6.07, 6.45) is -0.601. The first-order valence-electron chi connectivity index (χ1n) is 5.18. The smallest absolute Gasteiger partial charge is 0.194 e. The fraction of sp³-hybridized carbons (Fsp3) is 0.417. The quantitative estimate of drug-likeness (QED) is 0.718. The van der Waals surface area contributed by atoms with Gasteiger partial charge in [0, 0.05) is 5.56 Å². The molecule has 1 atom stereocenters. The molecule has 0 aliphatic carbocycles. The Hall–Kier alpha value is -1.26. The normalized spacial score (nSPS) is 20.8. The van der Waals surface area contributed by atoms with E-state index in [1.807, 2.05) is 0 Å². The first-order valence-corrected chi connectivity index (χ1v) is 5.18. The first kappa shape index (κ1) is 11.2. The fourth-order valence-electron chi connectivity index (χ4n) is 1.57. The van der Waals surface area contributed by atoms with Gasteiger partial charge in [0.2, 0.25) is 0 Å². The number of carbonyl (C=O) groups is 1. The molecular formula is C12H13FO3. The highest BCUT2D eigenvalue weighted by Gasteiger charge is 2.24. The largest absolute Gasteiger partial charge is 0.376 e. The van der Waals surface area contributed by atoms with Crippen LogP contribution in [0.3, 0.4) is 0 Å². The maximum absolute atomic E-state index is 13.3. The average molecular weight is 224 g/mol. The average Bonchev–Trinajstić information content (AvgIpc) is 2.33. The minimum atomic E-state index is -0.601. The summed E-state index contributed by atoms with van der Waals surface area (Å²) < 4.78 is 23.7. The van der Waals surface area contributed by atoms with Crippen molar-refractivity contribution in [2.45, 2.75) is 13.0 Å². The number of carbonyl (C=O) groups excluding carboxylic acids is 1. The lowest BCUT2D eigenvalue weighted by atomic mass is 10.0. The van der Waals surface area contributed by atoms with Gasteiger partial charge in [-0.05, 0) is 18.6 Å². The van der Waals surface area contributed by atoms with Gasteiger partial charge in [-0.3, -0.25) is 4.79 Å². The van der Waals surface area contributed by atoms with Crippen molar-refractivity contribution in [1.82, 2.24) is 0 Å². The molecule has 4 heteroatoms. The minimum absolute atomic E-state index is 0.224. The lowest BCUT2D eigenvalue weighted by Gasteiger charge is -2.21. The highest BCUT2D eigenvalue weighted by Crippen LogP contribution is 2.14. The molecule has 1 aliphatic rings. The lowest BCUT2D eigenvalue weighted by molar-refractivity contribution is -0.0719. The lowest BCUT2D eigenvalue weighted by Crippen LogP contribution is -2.35. The summed E-state index contributed by atoms with van der Waals surface area (Å²) in [6, 6.07) is 4.45. The van der Waals surface area contributed by atoms with Crippen LogP contribution in [0.5, 0.6) is 0 Å². The highest BCUT2D eigenvalue weighted by atomic mass is 19.1. The molecule has 0 bridgehead atoms. The first-order chi connectivity index (χ1) is 7.68. The molecule has 0 radical (unpaired) electrons. The second-order valence-corrected chi connectivity index (χ2v) is 3.76. The zero-order chi connectivity index (χ0) is 11.5. The van der Waals surface area contributed by atoms with Crippen molar-refractivity contribution in [3.8, 4) is 0 Å². The molecule has 0 amide bonds. The highest BCUT2D eigenvalue weighted by molar-refractivity contribution is 5.99. The Morgan fingerprint density at radius 2 is 2.25 bits per heavy atom. The third kappa shape index (κ3) is 2.28. The van der Waals surface area contributed by atoms with Crippen LogP contribution in [-0.2, 0) is 9.47 Å². The van der Waals surface area contributed by atoms with Crippen LogP contribution < -0.4 is 0 Å². The number of hydrogen-bond donors (Lipinski definition) is 0. The van der Waals surface area contributed by atoms with Gasteiger partial charge in [-0.2, -0.15) is 0 Å². The van der Waals surface area contributed by atoms with E-state index in [0.717, 1.165) is 0 Å². The number of ketones is 1. The fourth-order valence-corrected chi connectivity index (χ4v) is 1.57. The summed E-state index contributed by atoms with van der Waals surface area (Å²) >= 11 is 0. The molecule has 1 heterocycles. The molecule has 86 valence electrons. The van der Waals surface area contributed by atoms with Gasteiger partial charge < -0.3 is 9.47 Å². The molecule has 0 spiro atoms. The second-order valence-electron chi connectivity index (χ2n) is 3.76. The van der Waals surface area contributed by atoms with Crippen LogP contribution in [0.4, 0.5) is 4.39 Å². The molecule has 1 fully saturated rings. The standard InChI is InChI=1S/C12H13FO3/c1-8-2-3-9(6-10(8)13)12(14)11-7-15-4-5-16-11/h2-3,6,11H,4-5,7H2,1H3. The molecular weight excluding hydrogens is 211 g/mol. The molecule has 0 aromatic heterocycles. The van der Waals surface area contributed by atoms with E-state index in [9.17, 15) is 9.18 Å². The van der Waals surface area contributed by atoms with Crippen molar-refractivity contribution in [2.75, 3.05) is 19.8 Å². The molecule has 1 unspecified atom stereocenters. The van der Waals surface area contributed by atoms with E-state index >= 15 is 0 Å². The predicted octanol–water partition coefficient (Wildman–Crippen LogP) is 1.73. The Balaban J connectivity index is 2.16. The number of benzene rings is 1. The molecule has 0 saturated carbocycles. The van der Waals surface area contributed by atoms with Crippen LogP contribution in [0, 0.1) is 12.7 Å². The summed E-state index contributed by atoms with van der Waals surface area (Å²) in [6.45, 7) is 2.81. The van der Waals surface area contributed by atoms with E-state index in [-0.39, 0.29) is 18.2 Å². The Kier molecular flexibility index (Phi) is 3.31. The number of hydrogen-bond acceptors (Lipinski definition) is 3. The van der Waals surface area contributed by atoms with E-state index in [1.54, 1.807) is 19.1 Å². The summed E-state index contributed by atoms with van der Waals surface area (Å²) in [5.74, 6) is -0.596. The summed E-state index contributed by atoms with van der Waals surface area (Å²) in [5.41, 5.74) is 0.857. The monoisotopic (exact) mass is 224 g/mol. The van der Waals surface area contributed by atoms with Gasteiger partial charge in [0.05, 0.1) is 19.8 Å². The molecule has 1 saturated heterocycles. The van der Waals surface area contributed by atoms with Crippen molar-refractivity contribution in [3.05, 3.63) is 35.1 Å². The molecule has 3 nitrogen and oxygen atoms in total. The zero-order valence-corrected chi connectivity index (χ0v) is 9.03. The number of ether oxygens (including phenoxy) is 2. The van der Waals surface area contributed by atoms with Crippen molar-refractivity contribution in [2.24, 2.45) is 0 Å². The Bertz CT molecular complexity index is 397. The van der Waals surface area contributed by atoms with E-state index in [0.29, 0.717) is 24.3 Å². The Morgan fingerprint density at radius 3 is 2.88 bits per heavy atom. The third-order valence-electron chi connectivity index (χ3n) is 2.56. The van der Waals surface area contributed by atoms with Crippen molar-refractivity contribution < 1.29 is 18.7 Å². The van der Waals surface area contributed by atoms with Crippen molar-refractivity contribution in [3.63, 3.8) is 0 Å². The Morgan fingerprint density at radius 1 is 1.44 bits per heavy atom. The molecule has 1 aromatic rings. The van der Waals surface area contributed by atoms with Crippen LogP contribution in [0.15, 0.2) is 18.2 Å².